The van der Waals surface area contributed by atoms with E-state index in [2.05, 4.69) is 11.4 Å². The van der Waals surface area contributed by atoms with E-state index in [9.17, 15) is 9.59 Å². The van der Waals surface area contributed by atoms with Crippen molar-refractivity contribution in [3.63, 3.8) is 0 Å². The number of benzene rings is 3. The molecule has 0 aliphatic rings. The van der Waals surface area contributed by atoms with Crippen molar-refractivity contribution >= 4 is 29.0 Å². The van der Waals surface area contributed by atoms with Gasteiger partial charge in [-0.15, -0.1) is 0 Å². The van der Waals surface area contributed by atoms with Gasteiger partial charge in [-0.1, -0.05) is 41.9 Å². The number of amides is 1. The highest BCUT2D eigenvalue weighted by Crippen LogP contribution is 2.20. The van der Waals surface area contributed by atoms with Gasteiger partial charge in [-0.05, 0) is 48.0 Å². The lowest BCUT2D eigenvalue weighted by atomic mass is 10.1. The molecule has 156 valence electrons. The molecule has 1 N–H and O–H groups in total. The van der Waals surface area contributed by atoms with Crippen LogP contribution in [0.2, 0.25) is 5.02 Å². The number of carbonyl (C=O) groups is 2. The van der Waals surface area contributed by atoms with Crippen LogP contribution in [-0.4, -0.2) is 11.7 Å². The Bertz CT molecular complexity index is 1090. The standard InChI is InChI=1S/C25H21ClN2O3/c26-21-9-7-19(8-10-21)24(29)13-14-25(30)28-23-4-2-1-3-20(23)17-31-22-11-5-18(6-12-22)15-16-27/h1-12H,13-15,17H2,(H,28,30). The number of nitrogens with one attached hydrogen (secondary N) is 1. The number of ether oxygens (including phenoxy) is 1. The highest BCUT2D eigenvalue weighted by Gasteiger charge is 2.11. The summed E-state index contributed by atoms with van der Waals surface area (Å²) in [5.41, 5.74) is 2.93. The third-order valence-electron chi connectivity index (χ3n) is 4.64. The van der Waals surface area contributed by atoms with Crippen LogP contribution in [0.25, 0.3) is 0 Å². The maximum atomic E-state index is 12.4. The van der Waals surface area contributed by atoms with E-state index < -0.39 is 0 Å². The summed E-state index contributed by atoms with van der Waals surface area (Å²) in [4.78, 5) is 24.6. The fraction of sp³-hybridized carbons (Fsp3) is 0.160. The summed E-state index contributed by atoms with van der Waals surface area (Å²) in [6, 6.07) is 23.4. The Balaban J connectivity index is 1.54. The van der Waals surface area contributed by atoms with E-state index in [0.29, 0.717) is 28.4 Å². The van der Waals surface area contributed by atoms with Gasteiger partial charge < -0.3 is 10.1 Å². The Morgan fingerprint density at radius 2 is 1.65 bits per heavy atom. The normalized spacial score (nSPS) is 10.2. The van der Waals surface area contributed by atoms with Crippen LogP contribution >= 0.6 is 11.6 Å². The van der Waals surface area contributed by atoms with E-state index in [0.717, 1.165) is 11.1 Å². The molecule has 3 rings (SSSR count). The Labute approximate surface area is 186 Å². The van der Waals surface area contributed by atoms with E-state index in [1.807, 2.05) is 42.5 Å². The van der Waals surface area contributed by atoms with E-state index in [4.69, 9.17) is 21.6 Å². The monoisotopic (exact) mass is 432 g/mol. The maximum absolute atomic E-state index is 12.4. The van der Waals surface area contributed by atoms with Crippen LogP contribution in [-0.2, 0) is 17.8 Å². The van der Waals surface area contributed by atoms with Gasteiger partial charge in [-0.3, -0.25) is 9.59 Å². The number of halogens is 1. The molecular formula is C25H21ClN2O3. The minimum atomic E-state index is -0.240. The van der Waals surface area contributed by atoms with Crippen molar-refractivity contribution in [1.29, 1.82) is 5.26 Å². The molecule has 0 fully saturated rings. The minimum absolute atomic E-state index is 0.0804. The molecule has 0 bridgehead atoms. The van der Waals surface area contributed by atoms with Gasteiger partial charge in [0.25, 0.3) is 0 Å². The largest absolute Gasteiger partial charge is 0.489 e. The average molecular weight is 433 g/mol. The number of nitrogens with zero attached hydrogens (tertiary/aromatic N) is 1. The molecule has 0 radical (unpaired) electrons. The van der Waals surface area contributed by atoms with E-state index in [1.165, 1.54) is 0 Å². The number of nitriles is 1. The van der Waals surface area contributed by atoms with Crippen molar-refractivity contribution < 1.29 is 14.3 Å². The summed E-state index contributed by atoms with van der Waals surface area (Å²) in [6.45, 7) is 0.276. The Morgan fingerprint density at radius 3 is 2.35 bits per heavy atom. The van der Waals surface area contributed by atoms with E-state index in [-0.39, 0.29) is 31.1 Å². The molecule has 0 aromatic heterocycles. The van der Waals surface area contributed by atoms with Gasteiger partial charge in [-0.2, -0.15) is 5.26 Å². The lowest BCUT2D eigenvalue weighted by molar-refractivity contribution is -0.116. The lowest BCUT2D eigenvalue weighted by Crippen LogP contribution is -2.15. The molecule has 6 heteroatoms. The summed E-state index contributed by atoms with van der Waals surface area (Å²) < 4.78 is 5.81. The fourth-order valence-corrected chi connectivity index (χ4v) is 3.07. The number of Topliss-reactive ketones (excluding diaryl/α,β-unsaturated/α-hetero) is 1. The zero-order valence-corrected chi connectivity index (χ0v) is 17.6. The quantitative estimate of drug-likeness (QED) is 0.447. The molecule has 0 heterocycles. The molecule has 0 spiro atoms. The second-order valence-corrected chi connectivity index (χ2v) is 7.34. The smallest absolute Gasteiger partial charge is 0.224 e. The molecule has 0 atom stereocenters. The molecule has 0 saturated carbocycles. The summed E-state index contributed by atoms with van der Waals surface area (Å²) in [7, 11) is 0. The van der Waals surface area contributed by atoms with Crippen LogP contribution in [0, 0.1) is 11.3 Å². The van der Waals surface area contributed by atoms with Crippen molar-refractivity contribution in [3.8, 4) is 11.8 Å². The molecule has 0 aliphatic carbocycles. The number of para-hydroxylation sites is 1. The van der Waals surface area contributed by atoms with Crippen LogP contribution in [0.15, 0.2) is 72.8 Å². The van der Waals surface area contributed by atoms with Gasteiger partial charge in [0.1, 0.15) is 12.4 Å². The fourth-order valence-electron chi connectivity index (χ4n) is 2.94. The van der Waals surface area contributed by atoms with Crippen molar-refractivity contribution in [2.75, 3.05) is 5.32 Å². The maximum Gasteiger partial charge on any atom is 0.224 e. The SMILES string of the molecule is N#CCc1ccc(OCc2ccccc2NC(=O)CCC(=O)c2ccc(Cl)cc2)cc1. The summed E-state index contributed by atoms with van der Waals surface area (Å²) in [6.07, 6.45) is 0.549. The first-order valence-electron chi connectivity index (χ1n) is 9.80. The number of hydrogen-bond donors (Lipinski definition) is 1. The Hall–Kier alpha value is -3.62. The second kappa shape index (κ2) is 11.0. The average Bonchev–Trinajstić information content (AvgIpc) is 2.78. The van der Waals surface area contributed by atoms with Gasteiger partial charge in [0.2, 0.25) is 5.91 Å². The zero-order chi connectivity index (χ0) is 22.1. The number of hydrogen-bond acceptors (Lipinski definition) is 4. The van der Waals surface area contributed by atoms with Crippen molar-refractivity contribution in [1.82, 2.24) is 0 Å². The third-order valence-corrected chi connectivity index (χ3v) is 4.89. The van der Waals surface area contributed by atoms with E-state index >= 15 is 0 Å². The van der Waals surface area contributed by atoms with Crippen LogP contribution in [0.5, 0.6) is 5.75 Å². The van der Waals surface area contributed by atoms with Gasteiger partial charge in [0.05, 0.1) is 12.5 Å². The molecule has 5 nitrogen and oxygen atoms in total. The number of anilines is 1. The first kappa shape index (κ1) is 22.1. The molecule has 3 aromatic rings. The first-order valence-corrected chi connectivity index (χ1v) is 10.2. The van der Waals surface area contributed by atoms with Crippen LogP contribution in [0.4, 0.5) is 5.69 Å². The molecule has 1 amide bonds. The predicted molar refractivity (Wildman–Crippen MR) is 120 cm³/mol. The Kier molecular flexibility index (Phi) is 7.80. The second-order valence-electron chi connectivity index (χ2n) is 6.90. The zero-order valence-electron chi connectivity index (χ0n) is 16.8. The highest BCUT2D eigenvalue weighted by molar-refractivity contribution is 6.30. The minimum Gasteiger partial charge on any atom is -0.489 e. The van der Waals surface area contributed by atoms with Crippen LogP contribution in [0.1, 0.15) is 34.3 Å². The Morgan fingerprint density at radius 1 is 0.935 bits per heavy atom. The topological polar surface area (TPSA) is 79.2 Å². The third kappa shape index (κ3) is 6.70. The molecular weight excluding hydrogens is 412 g/mol. The van der Waals surface area contributed by atoms with Gasteiger partial charge in [0, 0.05) is 34.7 Å². The molecule has 31 heavy (non-hydrogen) atoms. The predicted octanol–water partition coefficient (Wildman–Crippen LogP) is 5.59. The lowest BCUT2D eigenvalue weighted by Gasteiger charge is -2.12. The van der Waals surface area contributed by atoms with Gasteiger partial charge >= 0.3 is 0 Å². The van der Waals surface area contributed by atoms with Crippen molar-refractivity contribution in [2.24, 2.45) is 0 Å². The van der Waals surface area contributed by atoms with Crippen LogP contribution < -0.4 is 10.1 Å². The van der Waals surface area contributed by atoms with Crippen molar-refractivity contribution in [2.45, 2.75) is 25.9 Å². The molecule has 0 aliphatic heterocycles. The number of carbonyl (C=O) groups excluding carboxylic acids is 2. The highest BCUT2D eigenvalue weighted by atomic mass is 35.5. The van der Waals surface area contributed by atoms with Crippen LogP contribution in [0.3, 0.4) is 0 Å². The summed E-state index contributed by atoms with van der Waals surface area (Å²) in [5.74, 6) is 0.329. The molecule has 0 unspecified atom stereocenters. The summed E-state index contributed by atoms with van der Waals surface area (Å²) in [5, 5.41) is 12.2. The van der Waals surface area contributed by atoms with Gasteiger partial charge in [-0.25, -0.2) is 0 Å². The number of rotatable bonds is 9. The first-order chi connectivity index (χ1) is 15.0. The molecule has 3 aromatic carbocycles. The molecule has 0 saturated heterocycles. The van der Waals surface area contributed by atoms with E-state index in [1.54, 1.807) is 30.3 Å². The van der Waals surface area contributed by atoms with Crippen molar-refractivity contribution in [3.05, 3.63) is 94.5 Å². The van der Waals surface area contributed by atoms with Gasteiger partial charge in [0.15, 0.2) is 5.78 Å². The summed E-state index contributed by atoms with van der Waals surface area (Å²) >= 11 is 5.84. The number of ketones is 1.